The van der Waals surface area contributed by atoms with Gasteiger partial charge in [-0.2, -0.15) is 0 Å². The molecule has 6 heteroatoms. The third-order valence-corrected chi connectivity index (χ3v) is 5.02. The molecule has 0 radical (unpaired) electrons. The van der Waals surface area contributed by atoms with Crippen LogP contribution in [0.1, 0.15) is 19.4 Å². The average molecular weight is 376 g/mol. The maximum absolute atomic E-state index is 12.7. The van der Waals surface area contributed by atoms with Crippen molar-refractivity contribution < 1.29 is 14.3 Å². The van der Waals surface area contributed by atoms with Crippen molar-refractivity contribution in [3.63, 3.8) is 0 Å². The van der Waals surface area contributed by atoms with Crippen molar-refractivity contribution >= 4 is 41.1 Å². The number of fused-ring (bicyclic) bond motifs is 1. The number of ether oxygens (including phenoxy) is 2. The van der Waals surface area contributed by atoms with E-state index in [9.17, 15) is 4.79 Å². The van der Waals surface area contributed by atoms with E-state index in [1.54, 1.807) is 12.1 Å². The molecule has 2 aliphatic rings. The van der Waals surface area contributed by atoms with Gasteiger partial charge in [-0.3, -0.25) is 0 Å². The highest BCUT2D eigenvalue weighted by Crippen LogP contribution is 2.49. The molecule has 1 saturated heterocycles. The molecule has 0 N–H and O–H groups in total. The third-order valence-electron chi connectivity index (χ3n) is 4.52. The van der Waals surface area contributed by atoms with Crippen LogP contribution in [0.2, 0.25) is 10.0 Å². The van der Waals surface area contributed by atoms with Gasteiger partial charge in [0.15, 0.2) is 5.60 Å². The summed E-state index contributed by atoms with van der Waals surface area (Å²) in [5.41, 5.74) is -0.657. The van der Waals surface area contributed by atoms with Gasteiger partial charge in [0.2, 0.25) is 0 Å². The summed E-state index contributed by atoms with van der Waals surface area (Å²) < 4.78 is 12.0. The first-order valence-electron chi connectivity index (χ1n) is 7.80. The molecule has 1 fully saturated rings. The Morgan fingerprint density at radius 1 is 1.04 bits per heavy atom. The fraction of sp³-hybridized carbons (Fsp3) is 0.211. The first kappa shape index (κ1) is 16.3. The quantitative estimate of drug-likeness (QED) is 0.657. The monoisotopic (exact) mass is 375 g/mol. The predicted molar refractivity (Wildman–Crippen MR) is 98.3 cm³/mol. The number of halogens is 2. The molecule has 1 unspecified atom stereocenters. The molecule has 1 amide bonds. The average Bonchev–Trinajstić information content (AvgIpc) is 2.74. The lowest BCUT2D eigenvalue weighted by Gasteiger charge is -2.42. The fourth-order valence-corrected chi connectivity index (χ4v) is 3.81. The van der Waals surface area contributed by atoms with E-state index in [1.165, 1.54) is 4.90 Å². The molecule has 0 aliphatic carbocycles. The Kier molecular flexibility index (Phi) is 3.53. The van der Waals surface area contributed by atoms with Crippen LogP contribution < -0.4 is 9.64 Å². The van der Waals surface area contributed by atoms with Crippen LogP contribution in [0.25, 0.3) is 6.08 Å². The molecule has 0 saturated carbocycles. The van der Waals surface area contributed by atoms with Crippen LogP contribution in [0.4, 0.5) is 10.5 Å². The number of rotatable bonds is 1. The zero-order chi connectivity index (χ0) is 17.8. The van der Waals surface area contributed by atoms with E-state index >= 15 is 0 Å². The number of hydrogen-bond donors (Lipinski definition) is 0. The van der Waals surface area contributed by atoms with Gasteiger partial charge in [-0.25, -0.2) is 9.69 Å². The highest BCUT2D eigenvalue weighted by Gasteiger charge is 2.63. The number of anilines is 1. The summed E-state index contributed by atoms with van der Waals surface area (Å²) in [6.07, 6.45) is 3.20. The van der Waals surface area contributed by atoms with Crippen LogP contribution >= 0.6 is 23.2 Å². The zero-order valence-corrected chi connectivity index (χ0v) is 15.1. The van der Waals surface area contributed by atoms with E-state index in [2.05, 4.69) is 0 Å². The Balaban J connectivity index is 1.90. The second kappa shape index (κ2) is 5.41. The summed E-state index contributed by atoms with van der Waals surface area (Å²) in [6.45, 7) is 3.62. The maximum Gasteiger partial charge on any atom is 0.418 e. The van der Waals surface area contributed by atoms with Gasteiger partial charge in [0.25, 0.3) is 5.72 Å². The van der Waals surface area contributed by atoms with Gasteiger partial charge in [-0.1, -0.05) is 41.4 Å². The molecule has 2 heterocycles. The van der Waals surface area contributed by atoms with Crippen LogP contribution in [0.15, 0.2) is 48.5 Å². The lowest BCUT2D eigenvalue weighted by molar-refractivity contribution is -0.0378. The van der Waals surface area contributed by atoms with Gasteiger partial charge >= 0.3 is 6.09 Å². The van der Waals surface area contributed by atoms with Crippen molar-refractivity contribution in [1.82, 2.24) is 0 Å². The zero-order valence-electron chi connectivity index (χ0n) is 13.6. The normalized spacial score (nSPS) is 23.4. The Labute approximate surface area is 155 Å². The molecule has 2 aromatic carbocycles. The molecular formula is C19H15Cl2NO3. The number of cyclic esters (lactones) is 1. The molecule has 0 bridgehead atoms. The van der Waals surface area contributed by atoms with Crippen molar-refractivity contribution in [2.24, 2.45) is 0 Å². The van der Waals surface area contributed by atoms with Crippen LogP contribution in [0.5, 0.6) is 5.75 Å². The highest BCUT2D eigenvalue weighted by molar-refractivity contribution is 6.36. The topological polar surface area (TPSA) is 38.8 Å². The Morgan fingerprint density at radius 2 is 1.76 bits per heavy atom. The molecule has 4 nitrogen and oxygen atoms in total. The maximum atomic E-state index is 12.7. The molecular weight excluding hydrogens is 361 g/mol. The number of benzene rings is 2. The van der Waals surface area contributed by atoms with Crippen molar-refractivity contribution in [1.29, 1.82) is 0 Å². The number of amides is 1. The molecule has 0 aromatic heterocycles. The van der Waals surface area contributed by atoms with Gasteiger partial charge < -0.3 is 9.47 Å². The van der Waals surface area contributed by atoms with Gasteiger partial charge in [0, 0.05) is 10.6 Å². The minimum atomic E-state index is -1.16. The van der Waals surface area contributed by atoms with E-state index in [4.69, 9.17) is 32.7 Å². The van der Waals surface area contributed by atoms with Gasteiger partial charge in [-0.15, -0.1) is 0 Å². The molecule has 1 spiro atoms. The number of carbonyl (C=O) groups is 1. The molecule has 1 atom stereocenters. The molecule has 2 aromatic rings. The molecule has 2 aliphatic heterocycles. The lowest BCUT2D eigenvalue weighted by Crippen LogP contribution is -2.60. The Bertz CT molecular complexity index is 895. The van der Waals surface area contributed by atoms with Crippen molar-refractivity contribution in [3.8, 4) is 5.75 Å². The van der Waals surface area contributed by atoms with Crippen molar-refractivity contribution in [2.75, 3.05) is 4.90 Å². The van der Waals surface area contributed by atoms with Gasteiger partial charge in [0.05, 0.1) is 10.7 Å². The lowest BCUT2D eigenvalue weighted by atomic mass is 9.90. The summed E-state index contributed by atoms with van der Waals surface area (Å²) >= 11 is 12.4. The van der Waals surface area contributed by atoms with Gasteiger partial charge in [0.1, 0.15) is 5.75 Å². The molecule has 128 valence electrons. The summed E-state index contributed by atoms with van der Waals surface area (Å²) in [7, 11) is 0. The number of para-hydroxylation sites is 1. The van der Waals surface area contributed by atoms with E-state index in [0.29, 0.717) is 21.5 Å². The first-order chi connectivity index (χ1) is 11.8. The van der Waals surface area contributed by atoms with Crippen molar-refractivity contribution in [2.45, 2.75) is 25.2 Å². The Morgan fingerprint density at radius 3 is 2.48 bits per heavy atom. The number of carbonyl (C=O) groups excluding carboxylic acids is 1. The van der Waals surface area contributed by atoms with Gasteiger partial charge in [-0.05, 0) is 50.3 Å². The second-order valence-electron chi connectivity index (χ2n) is 6.49. The standard InChI is InChI=1S/C19H15Cl2NO3/c1-18(2)19(22(17(23)25-18)14-6-4-3-5-7-14)9-8-12-10-13(20)11-15(21)16(12)24-19/h3-11H,1-2H3. The SMILES string of the molecule is CC1(C)OC(=O)N(c2ccccc2)C12C=Cc1cc(Cl)cc(Cl)c1O2. The largest absolute Gasteiger partial charge is 0.457 e. The summed E-state index contributed by atoms with van der Waals surface area (Å²) in [5, 5.41) is 0.903. The van der Waals surface area contributed by atoms with E-state index < -0.39 is 17.4 Å². The first-order valence-corrected chi connectivity index (χ1v) is 8.55. The van der Waals surface area contributed by atoms with E-state index in [-0.39, 0.29) is 0 Å². The predicted octanol–water partition coefficient (Wildman–Crippen LogP) is 5.53. The summed E-state index contributed by atoms with van der Waals surface area (Å²) in [6, 6.07) is 12.6. The second-order valence-corrected chi connectivity index (χ2v) is 7.33. The van der Waals surface area contributed by atoms with E-state index in [0.717, 1.165) is 5.56 Å². The highest BCUT2D eigenvalue weighted by atomic mass is 35.5. The van der Waals surface area contributed by atoms with E-state index in [1.807, 2.05) is 56.3 Å². The van der Waals surface area contributed by atoms with Crippen LogP contribution in [-0.4, -0.2) is 17.4 Å². The summed E-state index contributed by atoms with van der Waals surface area (Å²) in [4.78, 5) is 14.2. The number of hydrogen-bond acceptors (Lipinski definition) is 3. The van der Waals surface area contributed by atoms with Crippen LogP contribution in [0.3, 0.4) is 0 Å². The Hall–Kier alpha value is -2.17. The minimum absolute atomic E-state index is 0.384. The molecule has 25 heavy (non-hydrogen) atoms. The smallest absolute Gasteiger partial charge is 0.418 e. The number of nitrogens with zero attached hydrogens (tertiary/aromatic N) is 1. The van der Waals surface area contributed by atoms with Crippen molar-refractivity contribution in [3.05, 3.63) is 64.1 Å². The summed E-state index contributed by atoms with van der Waals surface area (Å²) in [5.74, 6) is 0.473. The minimum Gasteiger partial charge on any atom is -0.457 e. The van der Waals surface area contributed by atoms with Crippen LogP contribution in [-0.2, 0) is 4.74 Å². The fourth-order valence-electron chi connectivity index (χ4n) is 3.26. The molecule has 4 rings (SSSR count). The third kappa shape index (κ3) is 2.32. The van der Waals surface area contributed by atoms with Crippen LogP contribution in [0, 0.1) is 0 Å².